The molecule has 0 radical (unpaired) electrons. The fourth-order valence-corrected chi connectivity index (χ4v) is 3.16. The lowest BCUT2D eigenvalue weighted by Crippen LogP contribution is -2.33. The van der Waals surface area contributed by atoms with Crippen LogP contribution in [0.15, 0.2) is 30.5 Å². The molecule has 3 rings (SSSR count). The van der Waals surface area contributed by atoms with Crippen LogP contribution in [0, 0.1) is 11.7 Å². The van der Waals surface area contributed by atoms with Gasteiger partial charge in [-0.05, 0) is 37.0 Å². The van der Waals surface area contributed by atoms with E-state index in [2.05, 4.69) is 20.6 Å². The van der Waals surface area contributed by atoms with E-state index in [0.29, 0.717) is 12.5 Å². The number of benzene rings is 1. The average molecular weight is 412 g/mol. The molecule has 1 amide bonds. The average Bonchev–Trinajstić information content (AvgIpc) is 2.68. The lowest BCUT2D eigenvalue weighted by Gasteiger charge is -2.21. The molecule has 0 bridgehead atoms. The highest BCUT2D eigenvalue weighted by atomic mass is 19.4. The van der Waals surface area contributed by atoms with Gasteiger partial charge in [0, 0.05) is 12.2 Å². The number of rotatable bonds is 5. The number of halogens is 4. The fourth-order valence-electron chi connectivity index (χ4n) is 3.16. The summed E-state index contributed by atoms with van der Waals surface area (Å²) in [5.74, 6) is -1.48. The van der Waals surface area contributed by atoms with Crippen molar-refractivity contribution >= 4 is 17.7 Å². The number of carbonyl (C=O) groups is 1. The molecule has 1 aromatic heterocycles. The largest absolute Gasteiger partial charge is 0.437 e. The Bertz CT molecular complexity index is 854. The molecule has 1 heterocycles. The van der Waals surface area contributed by atoms with Crippen molar-refractivity contribution in [2.45, 2.75) is 38.3 Å². The summed E-state index contributed by atoms with van der Waals surface area (Å²) in [6.45, 7) is 0.347. The predicted molar refractivity (Wildman–Crippen MR) is 97.3 cm³/mol. The molecule has 10 heteroatoms. The fraction of sp³-hybridized carbons (Fsp3) is 0.421. The van der Waals surface area contributed by atoms with E-state index in [4.69, 9.17) is 4.74 Å². The zero-order valence-electron chi connectivity index (χ0n) is 15.4. The van der Waals surface area contributed by atoms with Gasteiger partial charge in [-0.3, -0.25) is 0 Å². The highest BCUT2D eigenvalue weighted by Crippen LogP contribution is 2.35. The Hall–Kier alpha value is -2.91. The van der Waals surface area contributed by atoms with E-state index < -0.39 is 35.5 Å². The summed E-state index contributed by atoms with van der Waals surface area (Å²) in [4.78, 5) is 19.1. The number of nitrogens with one attached hydrogen (secondary N) is 2. The van der Waals surface area contributed by atoms with Crippen molar-refractivity contribution < 1.29 is 27.1 Å². The number of anilines is 2. The molecule has 1 aliphatic carbocycles. The van der Waals surface area contributed by atoms with Gasteiger partial charge in [0.05, 0.1) is 6.20 Å². The topological polar surface area (TPSA) is 76.1 Å². The van der Waals surface area contributed by atoms with Crippen LogP contribution in [0.2, 0.25) is 0 Å². The van der Waals surface area contributed by atoms with Gasteiger partial charge < -0.3 is 15.4 Å². The summed E-state index contributed by atoms with van der Waals surface area (Å²) >= 11 is 0. The lowest BCUT2D eigenvalue weighted by atomic mass is 9.89. The Morgan fingerprint density at radius 2 is 1.97 bits per heavy atom. The maximum atomic E-state index is 13.4. The van der Waals surface area contributed by atoms with Crippen LogP contribution >= 0.6 is 0 Å². The Labute approximate surface area is 164 Å². The maximum Gasteiger partial charge on any atom is 0.437 e. The predicted octanol–water partition coefficient (Wildman–Crippen LogP) is 5.05. The van der Waals surface area contributed by atoms with Crippen molar-refractivity contribution in [3.05, 3.63) is 42.0 Å². The van der Waals surface area contributed by atoms with E-state index in [1.54, 1.807) is 0 Å². The van der Waals surface area contributed by atoms with Gasteiger partial charge in [0.2, 0.25) is 5.95 Å². The van der Waals surface area contributed by atoms with Gasteiger partial charge in [-0.15, -0.1) is 0 Å². The van der Waals surface area contributed by atoms with Crippen molar-refractivity contribution in [2.75, 3.05) is 11.9 Å². The third-order valence-electron chi connectivity index (χ3n) is 4.57. The Morgan fingerprint density at radius 1 is 1.21 bits per heavy atom. The number of hydrogen-bond donors (Lipinski definition) is 2. The standard InChI is InChI=1S/C19H20F4N4O2/c20-13-7-4-8-14(9-13)26-17-24-11-15(16(27-17)19(21,22)23)29-18(28)25-10-12-5-2-1-3-6-12/h4,7-9,11-12H,1-3,5-6,10H2,(H,25,28)(H,24,26,27). The van der Waals surface area contributed by atoms with Crippen LogP contribution in [0.5, 0.6) is 5.75 Å². The molecular formula is C19H20F4N4O2. The third kappa shape index (κ3) is 6.03. The molecule has 1 fully saturated rings. The molecular weight excluding hydrogens is 392 g/mol. The van der Waals surface area contributed by atoms with Gasteiger partial charge in [0.15, 0.2) is 11.4 Å². The van der Waals surface area contributed by atoms with E-state index in [1.807, 2.05) is 0 Å². The summed E-state index contributed by atoms with van der Waals surface area (Å²) in [6, 6.07) is 5.11. The van der Waals surface area contributed by atoms with E-state index in [0.717, 1.165) is 44.4 Å². The summed E-state index contributed by atoms with van der Waals surface area (Å²) in [5.41, 5.74) is -1.23. The molecule has 29 heavy (non-hydrogen) atoms. The van der Waals surface area contributed by atoms with Crippen molar-refractivity contribution in [3.63, 3.8) is 0 Å². The normalized spacial score (nSPS) is 15.0. The number of alkyl halides is 3. The molecule has 2 N–H and O–H groups in total. The second-order valence-electron chi connectivity index (χ2n) is 6.81. The maximum absolute atomic E-state index is 13.4. The molecule has 0 unspecified atom stereocenters. The van der Waals surface area contributed by atoms with Crippen LogP contribution in [0.25, 0.3) is 0 Å². The van der Waals surface area contributed by atoms with E-state index in [9.17, 15) is 22.4 Å². The number of nitrogens with zero attached hydrogens (tertiary/aromatic N) is 2. The number of hydrogen-bond acceptors (Lipinski definition) is 5. The summed E-state index contributed by atoms with van der Waals surface area (Å²) in [6.07, 6.45) is 0.146. The minimum Gasteiger partial charge on any atom is -0.406 e. The highest BCUT2D eigenvalue weighted by Gasteiger charge is 2.38. The lowest BCUT2D eigenvalue weighted by molar-refractivity contribution is -0.142. The summed E-state index contributed by atoms with van der Waals surface area (Å²) in [5, 5.41) is 4.99. The number of carbonyl (C=O) groups excluding carboxylic acids is 1. The smallest absolute Gasteiger partial charge is 0.406 e. The van der Waals surface area contributed by atoms with Crippen LogP contribution in [0.1, 0.15) is 37.8 Å². The first-order valence-corrected chi connectivity index (χ1v) is 9.24. The molecule has 1 saturated carbocycles. The molecule has 2 aromatic rings. The molecule has 0 atom stereocenters. The molecule has 6 nitrogen and oxygen atoms in total. The monoisotopic (exact) mass is 412 g/mol. The summed E-state index contributed by atoms with van der Waals surface area (Å²) < 4.78 is 58.1. The van der Waals surface area contributed by atoms with Crippen molar-refractivity contribution in [1.29, 1.82) is 0 Å². The van der Waals surface area contributed by atoms with Crippen molar-refractivity contribution in [2.24, 2.45) is 5.92 Å². The number of amides is 1. The second kappa shape index (κ2) is 9.06. The molecule has 0 spiro atoms. The third-order valence-corrected chi connectivity index (χ3v) is 4.57. The Kier molecular flexibility index (Phi) is 6.50. The van der Waals surface area contributed by atoms with Gasteiger partial charge in [-0.1, -0.05) is 25.3 Å². The molecule has 0 aliphatic heterocycles. The van der Waals surface area contributed by atoms with Crippen LogP contribution in [0.4, 0.5) is 34.0 Å². The zero-order chi connectivity index (χ0) is 20.9. The molecule has 156 valence electrons. The van der Waals surface area contributed by atoms with E-state index in [-0.39, 0.29) is 5.69 Å². The number of ether oxygens (including phenoxy) is 1. The van der Waals surface area contributed by atoms with Crippen LogP contribution < -0.4 is 15.4 Å². The molecule has 1 aliphatic rings. The van der Waals surface area contributed by atoms with Gasteiger partial charge in [0.1, 0.15) is 5.82 Å². The summed E-state index contributed by atoms with van der Waals surface area (Å²) in [7, 11) is 0. The van der Waals surface area contributed by atoms with E-state index >= 15 is 0 Å². The minimum absolute atomic E-state index is 0.178. The Morgan fingerprint density at radius 3 is 2.66 bits per heavy atom. The number of aromatic nitrogens is 2. The van der Waals surface area contributed by atoms with Gasteiger partial charge in [-0.2, -0.15) is 13.2 Å². The van der Waals surface area contributed by atoms with Crippen molar-refractivity contribution in [3.8, 4) is 5.75 Å². The SMILES string of the molecule is O=C(NCC1CCCCC1)Oc1cnc(Nc2cccc(F)c2)nc1C(F)(F)F. The molecule has 0 saturated heterocycles. The Balaban J connectivity index is 1.69. The van der Waals surface area contributed by atoms with E-state index in [1.165, 1.54) is 18.2 Å². The zero-order valence-corrected chi connectivity index (χ0v) is 15.4. The van der Waals surface area contributed by atoms with Gasteiger partial charge in [0.25, 0.3) is 0 Å². The minimum atomic E-state index is -4.87. The van der Waals surface area contributed by atoms with Crippen LogP contribution in [0.3, 0.4) is 0 Å². The van der Waals surface area contributed by atoms with Gasteiger partial charge >= 0.3 is 12.3 Å². The van der Waals surface area contributed by atoms with Gasteiger partial charge in [-0.25, -0.2) is 19.2 Å². The van der Waals surface area contributed by atoms with Crippen LogP contribution in [-0.4, -0.2) is 22.6 Å². The first kappa shape index (κ1) is 20.8. The quantitative estimate of drug-likeness (QED) is 0.673. The van der Waals surface area contributed by atoms with Crippen molar-refractivity contribution in [1.82, 2.24) is 15.3 Å². The second-order valence-corrected chi connectivity index (χ2v) is 6.81. The highest BCUT2D eigenvalue weighted by molar-refractivity contribution is 5.70. The molecule has 1 aromatic carbocycles. The first-order chi connectivity index (χ1) is 13.8. The van der Waals surface area contributed by atoms with Crippen LogP contribution in [-0.2, 0) is 6.18 Å². The first-order valence-electron chi connectivity index (χ1n) is 9.24.